The Morgan fingerprint density at radius 3 is 2.27 bits per heavy atom. The van der Waals surface area contributed by atoms with Gasteiger partial charge in [0.05, 0.1) is 6.61 Å². The highest BCUT2D eigenvalue weighted by Gasteiger charge is 2.26. The van der Waals surface area contributed by atoms with Crippen molar-refractivity contribution >= 4 is 23.5 Å². The number of aliphatic hydroxyl groups excluding tert-OH is 1. The molecule has 0 heterocycles. The maximum atomic E-state index is 12.6. The molecule has 0 aliphatic rings. The van der Waals surface area contributed by atoms with Crippen molar-refractivity contribution in [1.82, 2.24) is 0 Å². The highest BCUT2D eigenvalue weighted by Crippen LogP contribution is 2.27. The fourth-order valence-electron chi connectivity index (χ4n) is 2.91. The van der Waals surface area contributed by atoms with E-state index in [2.05, 4.69) is 5.32 Å². The lowest BCUT2D eigenvalue weighted by Crippen LogP contribution is -2.28. The monoisotopic (exact) mass is 457 g/mol. The zero-order valence-corrected chi connectivity index (χ0v) is 18.4. The highest BCUT2D eigenvalue weighted by atomic mass is 16.6. The Balaban J connectivity index is 2.25. The Hall–Kier alpha value is -3.69. The third-order valence-corrected chi connectivity index (χ3v) is 4.43. The number of aliphatic carboxylic acids is 1. The van der Waals surface area contributed by atoms with E-state index in [4.69, 9.17) is 24.4 Å². The molecule has 2 aromatic rings. The van der Waals surface area contributed by atoms with Gasteiger partial charge in [-0.25, -0.2) is 9.59 Å². The van der Waals surface area contributed by atoms with Gasteiger partial charge in [-0.2, -0.15) is 0 Å². The molecule has 0 spiro atoms. The largest absolute Gasteiger partial charge is 0.491 e. The molecule has 9 heteroatoms. The van der Waals surface area contributed by atoms with Gasteiger partial charge >= 0.3 is 12.1 Å². The quantitative estimate of drug-likeness (QED) is 0.325. The number of hydrogen-bond acceptors (Lipinski definition) is 7. The topological polar surface area (TPSA) is 131 Å². The molecule has 176 valence electrons. The number of rotatable bonds is 12. The Labute approximate surface area is 191 Å². The van der Waals surface area contributed by atoms with Crippen LogP contribution >= 0.6 is 0 Å². The Kier molecular flexibility index (Phi) is 10.1. The van der Waals surface area contributed by atoms with Gasteiger partial charge in [0.2, 0.25) is 0 Å². The first-order valence-corrected chi connectivity index (χ1v) is 10.3. The van der Waals surface area contributed by atoms with Gasteiger partial charge in [0.15, 0.2) is 11.9 Å². The smallest absolute Gasteiger partial charge is 0.412 e. The number of carboxylic acid groups (broad SMARTS) is 1. The maximum absolute atomic E-state index is 12.6. The van der Waals surface area contributed by atoms with E-state index in [-0.39, 0.29) is 25.6 Å². The van der Waals surface area contributed by atoms with E-state index < -0.39 is 24.3 Å². The molecule has 0 saturated carbocycles. The first-order valence-electron chi connectivity index (χ1n) is 10.3. The van der Waals surface area contributed by atoms with Crippen LogP contribution in [0.3, 0.4) is 0 Å². The van der Waals surface area contributed by atoms with Crippen molar-refractivity contribution in [3.8, 4) is 5.75 Å². The molecule has 0 bridgehead atoms. The van der Waals surface area contributed by atoms with Crippen LogP contribution in [0.1, 0.15) is 35.9 Å². The molecule has 0 aliphatic heterocycles. The maximum Gasteiger partial charge on any atom is 0.412 e. The summed E-state index contributed by atoms with van der Waals surface area (Å²) in [7, 11) is 0. The average Bonchev–Trinajstić information content (AvgIpc) is 2.79. The summed E-state index contributed by atoms with van der Waals surface area (Å²) < 4.78 is 16.6. The first kappa shape index (κ1) is 25.6. The number of carbonyl (C=O) groups excluding carboxylic acids is 2. The molecule has 33 heavy (non-hydrogen) atoms. The normalized spacial score (nSPS) is 12.7. The molecule has 3 N–H and O–H groups in total. The molecule has 1 amide bonds. The fourth-order valence-corrected chi connectivity index (χ4v) is 2.91. The minimum atomic E-state index is -1.17. The number of carbonyl (C=O) groups is 3. The molecule has 0 saturated heterocycles. The van der Waals surface area contributed by atoms with E-state index in [9.17, 15) is 14.4 Å². The van der Waals surface area contributed by atoms with Gasteiger partial charge in [-0.3, -0.25) is 10.1 Å². The van der Waals surface area contributed by atoms with Crippen LogP contribution in [0, 0.1) is 0 Å². The summed E-state index contributed by atoms with van der Waals surface area (Å²) in [4.78, 5) is 35.1. The molecule has 0 fully saturated rings. The molecule has 0 aliphatic carbocycles. The van der Waals surface area contributed by atoms with Crippen LogP contribution in [-0.2, 0) is 14.3 Å². The van der Waals surface area contributed by atoms with Gasteiger partial charge in [-0.15, -0.1) is 0 Å². The van der Waals surface area contributed by atoms with E-state index in [1.165, 1.54) is 13.0 Å². The van der Waals surface area contributed by atoms with Gasteiger partial charge < -0.3 is 24.4 Å². The number of carboxylic acids is 1. The van der Waals surface area contributed by atoms with Crippen molar-refractivity contribution in [2.45, 2.75) is 26.1 Å². The number of ketones is 1. The zero-order chi connectivity index (χ0) is 24.2. The van der Waals surface area contributed by atoms with Crippen LogP contribution in [-0.4, -0.2) is 54.0 Å². The standard InChI is InChI=1S/C24H27NO8/c1-3-31-21(12-13-22(28)29)23(18-6-10-20(11-7-18)32-15-14-26)33-24(30)25-19-8-4-17(5-9-19)16(2)27/h4-13,21,23,26H,3,14-15H2,1-2H3,(H,25,30)(H,28,29)/b13-12+/t21-,23-/m0/s1. The molecule has 0 radical (unpaired) electrons. The summed E-state index contributed by atoms with van der Waals surface area (Å²) in [6, 6.07) is 12.9. The predicted molar refractivity (Wildman–Crippen MR) is 121 cm³/mol. The molecule has 0 aromatic heterocycles. The second kappa shape index (κ2) is 13.0. The average molecular weight is 457 g/mol. The van der Waals surface area contributed by atoms with Crippen LogP contribution in [0.4, 0.5) is 10.5 Å². The fraction of sp³-hybridized carbons (Fsp3) is 0.292. The summed E-state index contributed by atoms with van der Waals surface area (Å²) in [5.74, 6) is -0.753. The highest BCUT2D eigenvalue weighted by molar-refractivity contribution is 5.95. The second-order valence-corrected chi connectivity index (χ2v) is 6.84. The van der Waals surface area contributed by atoms with Crippen molar-refractivity contribution in [1.29, 1.82) is 0 Å². The van der Waals surface area contributed by atoms with Gasteiger partial charge in [0.1, 0.15) is 18.5 Å². The van der Waals surface area contributed by atoms with Crippen LogP contribution in [0.2, 0.25) is 0 Å². The van der Waals surface area contributed by atoms with E-state index in [0.29, 0.717) is 22.6 Å². The summed E-state index contributed by atoms with van der Waals surface area (Å²) >= 11 is 0. The van der Waals surface area contributed by atoms with Gasteiger partial charge in [0, 0.05) is 23.9 Å². The lowest BCUT2D eigenvalue weighted by Gasteiger charge is -2.25. The predicted octanol–water partition coefficient (Wildman–Crippen LogP) is 3.60. The summed E-state index contributed by atoms with van der Waals surface area (Å²) in [5.41, 5.74) is 1.47. The SMILES string of the molecule is CCO[C@@H](/C=C/C(=O)O)[C@@H](OC(=O)Nc1ccc(C(C)=O)cc1)c1ccc(OCCO)cc1. The minimum Gasteiger partial charge on any atom is -0.491 e. The van der Waals surface area contributed by atoms with Crippen molar-refractivity contribution in [2.75, 3.05) is 25.1 Å². The van der Waals surface area contributed by atoms with E-state index in [0.717, 1.165) is 6.08 Å². The number of ether oxygens (including phenoxy) is 3. The Morgan fingerprint density at radius 2 is 1.73 bits per heavy atom. The molecular weight excluding hydrogens is 430 g/mol. The number of aliphatic hydroxyl groups is 1. The molecular formula is C24H27NO8. The van der Waals surface area contributed by atoms with Crippen molar-refractivity contribution in [3.05, 3.63) is 71.8 Å². The second-order valence-electron chi connectivity index (χ2n) is 6.84. The summed E-state index contributed by atoms with van der Waals surface area (Å²) in [5, 5.41) is 20.5. The number of nitrogens with one attached hydrogen (secondary N) is 1. The van der Waals surface area contributed by atoms with Gasteiger partial charge in [0.25, 0.3) is 0 Å². The molecule has 9 nitrogen and oxygen atoms in total. The van der Waals surface area contributed by atoms with E-state index in [1.54, 1.807) is 55.5 Å². The summed E-state index contributed by atoms with van der Waals surface area (Å²) in [6.07, 6.45) is -0.398. The van der Waals surface area contributed by atoms with Crippen molar-refractivity contribution in [3.63, 3.8) is 0 Å². The zero-order valence-electron chi connectivity index (χ0n) is 18.4. The van der Waals surface area contributed by atoms with Gasteiger partial charge in [-0.1, -0.05) is 12.1 Å². The lowest BCUT2D eigenvalue weighted by molar-refractivity contribution is -0.131. The molecule has 2 rings (SSSR count). The van der Waals surface area contributed by atoms with Gasteiger partial charge in [-0.05, 0) is 61.9 Å². The van der Waals surface area contributed by atoms with Crippen LogP contribution in [0.25, 0.3) is 0 Å². The third-order valence-electron chi connectivity index (χ3n) is 4.43. The van der Waals surface area contributed by atoms with Crippen molar-refractivity contribution in [2.24, 2.45) is 0 Å². The van der Waals surface area contributed by atoms with E-state index in [1.807, 2.05) is 0 Å². The van der Waals surface area contributed by atoms with Crippen LogP contribution in [0.15, 0.2) is 60.7 Å². The van der Waals surface area contributed by atoms with Crippen LogP contribution < -0.4 is 10.1 Å². The minimum absolute atomic E-state index is 0.0969. The van der Waals surface area contributed by atoms with Crippen molar-refractivity contribution < 1.29 is 38.8 Å². The number of anilines is 1. The molecule has 2 aromatic carbocycles. The van der Waals surface area contributed by atoms with Crippen LogP contribution in [0.5, 0.6) is 5.75 Å². The lowest BCUT2D eigenvalue weighted by atomic mass is 10.0. The third kappa shape index (κ3) is 8.40. The number of amides is 1. The number of Topliss-reactive ketones (excluding diaryl/α,β-unsaturated/α-hetero) is 1. The molecule has 0 unspecified atom stereocenters. The molecule has 2 atom stereocenters. The number of benzene rings is 2. The first-order chi connectivity index (χ1) is 15.8. The number of hydrogen-bond donors (Lipinski definition) is 3. The Bertz CT molecular complexity index is 953. The summed E-state index contributed by atoms with van der Waals surface area (Å²) in [6.45, 7) is 3.43. The van der Waals surface area contributed by atoms with E-state index >= 15 is 0 Å². The Morgan fingerprint density at radius 1 is 1.06 bits per heavy atom.